The Hall–Kier alpha value is -2.25. The maximum absolute atomic E-state index is 12.2. The number of hydrogen-bond acceptors (Lipinski definition) is 10. The van der Waals surface area contributed by atoms with Gasteiger partial charge in [-0.1, -0.05) is 12.8 Å². The van der Waals surface area contributed by atoms with Crippen molar-refractivity contribution in [1.29, 1.82) is 0 Å². The molecule has 0 aromatic carbocycles. The van der Waals surface area contributed by atoms with Gasteiger partial charge in [0.05, 0.1) is 17.7 Å². The number of rotatable bonds is 11. The lowest BCUT2D eigenvalue weighted by molar-refractivity contribution is -0.120. The van der Waals surface area contributed by atoms with Gasteiger partial charge >= 0.3 is 6.09 Å². The van der Waals surface area contributed by atoms with Crippen LogP contribution in [0.2, 0.25) is 0 Å². The fourth-order valence-electron chi connectivity index (χ4n) is 7.30. The van der Waals surface area contributed by atoms with Crippen LogP contribution in [0.4, 0.5) is 4.79 Å². The van der Waals surface area contributed by atoms with Crippen LogP contribution in [0.15, 0.2) is 0 Å². The Morgan fingerprint density at radius 2 is 1.12 bits per heavy atom. The monoisotopic (exact) mass is 690 g/mol. The highest BCUT2D eigenvalue weighted by Crippen LogP contribution is 2.52. The van der Waals surface area contributed by atoms with Gasteiger partial charge in [0.25, 0.3) is 0 Å². The maximum atomic E-state index is 12.2. The van der Waals surface area contributed by atoms with Crippen LogP contribution in [0.5, 0.6) is 0 Å². The summed E-state index contributed by atoms with van der Waals surface area (Å²) in [4.78, 5) is 24.2. The molecule has 0 aromatic heterocycles. The van der Waals surface area contributed by atoms with E-state index in [0.29, 0.717) is 55.7 Å². The standard InChI is InChI=1S/C34H62N10O3S/c1-27(45)43-33-21-35-14-17-38-24-34(25-39-18-15-36-22-33,26-40-19-16-37-23-33)44-31(48)41-12-8-4-5-9-13-42-32(46)47-20-30-28-10-6-2-3-7-11-29(28)30/h28-30,35-40H,4-26H2,1H3,(H,42,46)(H,43,45)(H2,41,44,48)/t28-,29+,30?,33?,34?. The lowest BCUT2D eigenvalue weighted by atomic mass is 9.97. The van der Waals surface area contributed by atoms with Crippen molar-refractivity contribution in [3.63, 3.8) is 0 Å². The van der Waals surface area contributed by atoms with E-state index in [1.807, 2.05) is 0 Å². The van der Waals surface area contributed by atoms with Gasteiger partial charge < -0.3 is 57.9 Å². The van der Waals surface area contributed by atoms with Gasteiger partial charge in [-0.25, -0.2) is 4.79 Å². The zero-order chi connectivity index (χ0) is 33.9. The number of ether oxygens (including phenoxy) is 1. The first-order valence-electron chi connectivity index (χ1n) is 18.4. The number of hydrogen-bond donors (Lipinski definition) is 10. The van der Waals surface area contributed by atoms with E-state index in [4.69, 9.17) is 17.0 Å². The Morgan fingerprint density at radius 3 is 1.58 bits per heavy atom. The molecule has 14 heteroatoms. The first-order valence-corrected chi connectivity index (χ1v) is 18.8. The van der Waals surface area contributed by atoms with Gasteiger partial charge in [0.2, 0.25) is 5.91 Å². The van der Waals surface area contributed by atoms with Crippen LogP contribution in [0.3, 0.4) is 0 Å². The largest absolute Gasteiger partial charge is 0.449 e. The second-order valence-corrected chi connectivity index (χ2v) is 14.5. The molecule has 2 aliphatic carbocycles. The van der Waals surface area contributed by atoms with Crippen LogP contribution >= 0.6 is 12.2 Å². The van der Waals surface area contributed by atoms with Crippen LogP contribution in [-0.4, -0.2) is 126 Å². The van der Waals surface area contributed by atoms with Crippen molar-refractivity contribution >= 4 is 29.3 Å². The Labute approximate surface area is 293 Å². The van der Waals surface area contributed by atoms with E-state index in [1.54, 1.807) is 6.92 Å². The molecule has 13 nitrogen and oxygen atoms in total. The summed E-state index contributed by atoms with van der Waals surface area (Å²) in [5.74, 6) is 8.36. The number of amides is 2. The number of nitrogens with one attached hydrogen (secondary N) is 10. The van der Waals surface area contributed by atoms with Gasteiger partial charge in [0.15, 0.2) is 5.11 Å². The lowest BCUT2D eigenvalue weighted by Gasteiger charge is -2.39. The van der Waals surface area contributed by atoms with Crippen molar-refractivity contribution in [1.82, 2.24) is 53.2 Å². The summed E-state index contributed by atoms with van der Waals surface area (Å²) in [6.45, 7) is 12.5. The second kappa shape index (κ2) is 21.1. The normalized spacial score (nSPS) is 30.0. The number of carbonyl (C=O) groups excluding carboxylic acids is 2. The highest BCUT2D eigenvalue weighted by atomic mass is 32.1. The molecule has 4 fully saturated rings. The van der Waals surface area contributed by atoms with E-state index in [0.717, 1.165) is 117 Å². The number of alkyl carbamates (subject to hydrolysis) is 1. The van der Waals surface area contributed by atoms with Crippen LogP contribution < -0.4 is 53.2 Å². The smallest absolute Gasteiger partial charge is 0.407 e. The van der Waals surface area contributed by atoms with Crippen LogP contribution in [-0.2, 0) is 9.53 Å². The molecule has 5 aliphatic rings. The summed E-state index contributed by atoms with van der Waals surface area (Å²) in [5, 5.41) is 35.4. The number of fused-ring (bicyclic) bond motifs is 16. The van der Waals surface area contributed by atoms with Crippen LogP contribution in [0.25, 0.3) is 0 Å². The summed E-state index contributed by atoms with van der Waals surface area (Å²) >= 11 is 5.79. The quantitative estimate of drug-likeness (QED) is 0.0760. The molecule has 3 heterocycles. The molecule has 3 saturated heterocycles. The zero-order valence-electron chi connectivity index (χ0n) is 29.1. The van der Waals surface area contributed by atoms with Gasteiger partial charge in [-0.05, 0) is 55.7 Å². The van der Waals surface area contributed by atoms with Crippen molar-refractivity contribution in [2.75, 3.05) is 98.2 Å². The summed E-state index contributed by atoms with van der Waals surface area (Å²) in [7, 11) is 0. The fraction of sp³-hybridized carbons (Fsp3) is 0.853. The van der Waals surface area contributed by atoms with E-state index in [1.165, 1.54) is 0 Å². The van der Waals surface area contributed by atoms with Crippen molar-refractivity contribution in [3.8, 4) is 11.8 Å². The Bertz CT molecular complexity index is 1010. The summed E-state index contributed by atoms with van der Waals surface area (Å²) in [6, 6.07) is 0. The molecule has 2 amide bonds. The van der Waals surface area contributed by atoms with Crippen molar-refractivity contribution in [2.24, 2.45) is 17.8 Å². The molecule has 2 bridgehead atoms. The zero-order valence-corrected chi connectivity index (χ0v) is 29.9. The number of thiocarbonyl (C=S) groups is 1. The Kier molecular flexibility index (Phi) is 16.9. The van der Waals surface area contributed by atoms with Crippen molar-refractivity contribution < 1.29 is 14.3 Å². The molecular formula is C34H62N10O3S. The molecule has 48 heavy (non-hydrogen) atoms. The van der Waals surface area contributed by atoms with E-state index in [-0.39, 0.29) is 17.5 Å². The minimum Gasteiger partial charge on any atom is -0.449 e. The molecule has 3 atom stereocenters. The molecule has 5 rings (SSSR count). The minimum absolute atomic E-state index is 0.0214. The topological polar surface area (TPSA) is 164 Å². The van der Waals surface area contributed by atoms with E-state index in [9.17, 15) is 9.59 Å². The molecule has 3 aliphatic heterocycles. The van der Waals surface area contributed by atoms with E-state index < -0.39 is 5.54 Å². The first-order chi connectivity index (χ1) is 23.4. The molecule has 1 saturated carbocycles. The van der Waals surface area contributed by atoms with Crippen molar-refractivity contribution in [3.05, 3.63) is 0 Å². The average Bonchev–Trinajstić information content (AvgIpc) is 3.70. The molecule has 10 N–H and O–H groups in total. The lowest BCUT2D eigenvalue weighted by Crippen LogP contribution is -2.68. The molecular weight excluding hydrogens is 629 g/mol. The number of carbonyl (C=O) groups is 2. The van der Waals surface area contributed by atoms with Gasteiger partial charge in [-0.2, -0.15) is 0 Å². The molecule has 0 spiro atoms. The van der Waals surface area contributed by atoms with Gasteiger partial charge in [-0.15, -0.1) is 11.8 Å². The summed E-state index contributed by atoms with van der Waals surface area (Å²) in [5.41, 5.74) is -0.721. The predicted molar refractivity (Wildman–Crippen MR) is 195 cm³/mol. The molecule has 1 unspecified atom stereocenters. The van der Waals surface area contributed by atoms with Crippen molar-refractivity contribution in [2.45, 2.75) is 69.4 Å². The minimum atomic E-state index is -0.404. The third-order valence-electron chi connectivity index (χ3n) is 9.94. The fourth-order valence-corrected chi connectivity index (χ4v) is 7.61. The van der Waals surface area contributed by atoms with Gasteiger partial charge in [-0.3, -0.25) is 4.79 Å². The maximum Gasteiger partial charge on any atom is 0.407 e. The second-order valence-electron chi connectivity index (χ2n) is 14.0. The third-order valence-corrected chi connectivity index (χ3v) is 10.2. The average molecular weight is 691 g/mol. The van der Waals surface area contributed by atoms with E-state index in [2.05, 4.69) is 65.0 Å². The SMILES string of the molecule is CC(=O)NC12CNCCNCC(NC(=S)NCCCCCCNC(=O)OCC3[C@H]4CCC#CCC[C@@H]34)(CNCCNC1)CNCCNC2. The molecule has 0 aromatic rings. The highest BCUT2D eigenvalue weighted by molar-refractivity contribution is 7.80. The molecule has 272 valence electrons. The first kappa shape index (κ1) is 38.6. The third kappa shape index (κ3) is 13.9. The summed E-state index contributed by atoms with van der Waals surface area (Å²) in [6.07, 6.45) is 8.01. The van der Waals surface area contributed by atoms with E-state index >= 15 is 0 Å². The number of unbranched alkanes of at least 4 members (excludes halogenated alkanes) is 3. The van der Waals surface area contributed by atoms with Gasteiger partial charge in [0.1, 0.15) is 0 Å². The van der Waals surface area contributed by atoms with Crippen LogP contribution in [0, 0.1) is 29.6 Å². The van der Waals surface area contributed by atoms with Gasteiger partial charge in [0, 0.05) is 111 Å². The summed E-state index contributed by atoms with van der Waals surface area (Å²) < 4.78 is 5.53. The highest BCUT2D eigenvalue weighted by Gasteiger charge is 2.49. The molecule has 0 radical (unpaired) electrons. The predicted octanol–water partition coefficient (Wildman–Crippen LogP) is -0.645. The Balaban J connectivity index is 1.12. The van der Waals surface area contributed by atoms with Crippen LogP contribution in [0.1, 0.15) is 58.3 Å². The Morgan fingerprint density at radius 1 is 0.688 bits per heavy atom.